The zero-order chi connectivity index (χ0) is 21.3. The smallest absolute Gasteiger partial charge is 0.263 e. The lowest BCUT2D eigenvalue weighted by Gasteiger charge is -2.09. The van der Waals surface area contributed by atoms with Crippen LogP contribution in [0.15, 0.2) is 59.8 Å². The number of fused-ring (bicyclic) bond motifs is 1. The number of rotatable bonds is 5. The van der Waals surface area contributed by atoms with Gasteiger partial charge in [-0.15, -0.1) is 0 Å². The number of nitrogens with one attached hydrogen (secondary N) is 1. The summed E-state index contributed by atoms with van der Waals surface area (Å²) in [6, 6.07) is 12.8. The van der Waals surface area contributed by atoms with Gasteiger partial charge < -0.3 is 5.32 Å². The van der Waals surface area contributed by atoms with Crippen molar-refractivity contribution in [2.24, 2.45) is 0 Å². The molecule has 152 valence electrons. The summed E-state index contributed by atoms with van der Waals surface area (Å²) < 4.78 is 3.25. The maximum absolute atomic E-state index is 13.1. The Morgan fingerprint density at radius 2 is 1.87 bits per heavy atom. The molecule has 4 rings (SSSR count). The van der Waals surface area contributed by atoms with Crippen molar-refractivity contribution in [3.05, 3.63) is 87.3 Å². The summed E-state index contributed by atoms with van der Waals surface area (Å²) in [5.41, 5.74) is 3.67. The van der Waals surface area contributed by atoms with Crippen LogP contribution in [0.3, 0.4) is 0 Å². The minimum absolute atomic E-state index is 0.112. The fourth-order valence-electron chi connectivity index (χ4n) is 3.41. The van der Waals surface area contributed by atoms with E-state index in [4.69, 9.17) is 11.6 Å². The van der Waals surface area contributed by atoms with Crippen molar-refractivity contribution < 1.29 is 4.79 Å². The van der Waals surface area contributed by atoms with Crippen LogP contribution < -0.4 is 10.9 Å². The molecule has 3 aromatic heterocycles. The highest BCUT2D eigenvalue weighted by atomic mass is 35.5. The van der Waals surface area contributed by atoms with Crippen molar-refractivity contribution in [2.45, 2.75) is 26.9 Å². The van der Waals surface area contributed by atoms with E-state index in [1.54, 1.807) is 18.3 Å². The number of carbonyl (C=O) groups is 1. The minimum Gasteiger partial charge on any atom is -0.349 e. The van der Waals surface area contributed by atoms with Gasteiger partial charge in [0.15, 0.2) is 5.65 Å². The van der Waals surface area contributed by atoms with Gasteiger partial charge in [-0.25, -0.2) is 4.98 Å². The standard InChI is InChI=1S/C22H20ClN5O2/c1-14-15(2)28(18-8-6-16(23)7-9-18)21-20(14)22(30)27(13-26-21)12-19(29)25-11-17-5-3-4-10-24-17/h3-10,13H,11-12H2,1-2H3,(H,25,29). The Bertz CT molecular complexity index is 1280. The van der Waals surface area contributed by atoms with Gasteiger partial charge >= 0.3 is 0 Å². The molecular weight excluding hydrogens is 402 g/mol. The number of pyridine rings is 1. The molecule has 4 aromatic rings. The summed E-state index contributed by atoms with van der Waals surface area (Å²) in [6.45, 7) is 4.02. The van der Waals surface area contributed by atoms with Crippen molar-refractivity contribution in [3.63, 3.8) is 0 Å². The van der Waals surface area contributed by atoms with Gasteiger partial charge in [0.25, 0.3) is 5.56 Å². The monoisotopic (exact) mass is 421 g/mol. The van der Waals surface area contributed by atoms with Gasteiger partial charge in [-0.2, -0.15) is 0 Å². The molecule has 0 spiro atoms. The van der Waals surface area contributed by atoms with E-state index in [1.807, 2.05) is 48.7 Å². The maximum atomic E-state index is 13.1. The molecule has 8 heteroatoms. The molecule has 0 unspecified atom stereocenters. The number of nitrogens with zero attached hydrogens (tertiary/aromatic N) is 4. The number of hydrogen-bond acceptors (Lipinski definition) is 4. The van der Waals surface area contributed by atoms with Crippen LogP contribution in [0.25, 0.3) is 16.7 Å². The molecule has 0 aliphatic rings. The lowest BCUT2D eigenvalue weighted by molar-refractivity contribution is -0.121. The van der Waals surface area contributed by atoms with E-state index in [1.165, 1.54) is 10.9 Å². The average Bonchev–Trinajstić information content (AvgIpc) is 3.01. The normalized spacial score (nSPS) is 11.0. The molecule has 0 fully saturated rings. The largest absolute Gasteiger partial charge is 0.349 e. The number of halogens is 1. The average molecular weight is 422 g/mol. The molecule has 0 saturated heterocycles. The lowest BCUT2D eigenvalue weighted by Crippen LogP contribution is -2.32. The highest BCUT2D eigenvalue weighted by Crippen LogP contribution is 2.25. The number of carbonyl (C=O) groups excluding carboxylic acids is 1. The molecule has 0 atom stereocenters. The van der Waals surface area contributed by atoms with E-state index >= 15 is 0 Å². The van der Waals surface area contributed by atoms with Crippen LogP contribution in [-0.2, 0) is 17.9 Å². The molecule has 0 radical (unpaired) electrons. The summed E-state index contributed by atoms with van der Waals surface area (Å²) in [5, 5.41) is 3.92. The van der Waals surface area contributed by atoms with Gasteiger partial charge in [0, 0.05) is 22.6 Å². The number of benzene rings is 1. The first-order valence-corrected chi connectivity index (χ1v) is 9.83. The van der Waals surface area contributed by atoms with Crippen LogP contribution in [0.2, 0.25) is 5.02 Å². The van der Waals surface area contributed by atoms with E-state index in [2.05, 4.69) is 15.3 Å². The lowest BCUT2D eigenvalue weighted by atomic mass is 10.2. The number of amides is 1. The highest BCUT2D eigenvalue weighted by Gasteiger charge is 2.18. The van der Waals surface area contributed by atoms with E-state index in [0.29, 0.717) is 22.6 Å². The zero-order valence-corrected chi connectivity index (χ0v) is 17.3. The summed E-state index contributed by atoms with van der Waals surface area (Å²) in [6.07, 6.45) is 3.08. The molecule has 0 bridgehead atoms. The van der Waals surface area contributed by atoms with E-state index in [-0.39, 0.29) is 18.0 Å². The summed E-state index contributed by atoms with van der Waals surface area (Å²) in [4.78, 5) is 34.1. The Morgan fingerprint density at radius 3 is 2.57 bits per heavy atom. The Kier molecular flexibility index (Phi) is 5.37. The second-order valence-corrected chi connectivity index (χ2v) is 7.43. The Morgan fingerprint density at radius 1 is 1.10 bits per heavy atom. The van der Waals surface area contributed by atoms with Crippen LogP contribution in [-0.4, -0.2) is 25.0 Å². The minimum atomic E-state index is -0.282. The molecule has 1 aromatic carbocycles. The first-order valence-electron chi connectivity index (χ1n) is 9.45. The molecule has 0 aliphatic heterocycles. The summed E-state index contributed by atoms with van der Waals surface area (Å²) in [5.74, 6) is -0.282. The molecular formula is C22H20ClN5O2. The van der Waals surface area contributed by atoms with Crippen LogP contribution >= 0.6 is 11.6 Å². The fraction of sp³-hybridized carbons (Fsp3) is 0.182. The highest BCUT2D eigenvalue weighted by molar-refractivity contribution is 6.30. The van der Waals surface area contributed by atoms with Crippen molar-refractivity contribution in [3.8, 4) is 5.69 Å². The second kappa shape index (κ2) is 8.12. The molecule has 1 N–H and O–H groups in total. The molecule has 0 aliphatic carbocycles. The van der Waals surface area contributed by atoms with Crippen LogP contribution in [0.1, 0.15) is 17.0 Å². The topological polar surface area (TPSA) is 81.8 Å². The number of hydrogen-bond donors (Lipinski definition) is 1. The fourth-order valence-corrected chi connectivity index (χ4v) is 3.53. The third kappa shape index (κ3) is 3.71. The van der Waals surface area contributed by atoms with Crippen molar-refractivity contribution in [1.29, 1.82) is 0 Å². The predicted molar refractivity (Wildman–Crippen MR) is 116 cm³/mol. The van der Waals surface area contributed by atoms with Crippen molar-refractivity contribution >= 4 is 28.5 Å². The molecule has 7 nitrogen and oxygen atoms in total. The first kappa shape index (κ1) is 19.8. The molecule has 0 saturated carbocycles. The van der Waals surface area contributed by atoms with Crippen LogP contribution in [0.4, 0.5) is 0 Å². The van der Waals surface area contributed by atoms with Gasteiger partial charge in [0.1, 0.15) is 12.9 Å². The summed E-state index contributed by atoms with van der Waals surface area (Å²) >= 11 is 6.00. The van der Waals surface area contributed by atoms with Crippen molar-refractivity contribution in [1.82, 2.24) is 24.4 Å². The molecule has 30 heavy (non-hydrogen) atoms. The van der Waals surface area contributed by atoms with Gasteiger partial charge in [-0.3, -0.25) is 23.7 Å². The SMILES string of the molecule is Cc1c(C)n(-c2ccc(Cl)cc2)c2ncn(CC(=O)NCc3ccccn3)c(=O)c12. The third-order valence-electron chi connectivity index (χ3n) is 5.07. The first-order chi connectivity index (χ1) is 14.5. The van der Waals surface area contributed by atoms with Gasteiger partial charge in [-0.1, -0.05) is 17.7 Å². The van der Waals surface area contributed by atoms with E-state index < -0.39 is 0 Å². The predicted octanol–water partition coefficient (Wildman–Crippen LogP) is 3.17. The quantitative estimate of drug-likeness (QED) is 0.536. The van der Waals surface area contributed by atoms with Crippen molar-refractivity contribution in [2.75, 3.05) is 0 Å². The van der Waals surface area contributed by atoms with Crippen LogP contribution in [0.5, 0.6) is 0 Å². The number of aryl methyl sites for hydroxylation is 1. The Balaban J connectivity index is 1.64. The van der Waals surface area contributed by atoms with Gasteiger partial charge in [0.2, 0.25) is 5.91 Å². The summed E-state index contributed by atoms with van der Waals surface area (Å²) in [7, 11) is 0. The zero-order valence-electron chi connectivity index (χ0n) is 16.6. The maximum Gasteiger partial charge on any atom is 0.263 e. The number of aromatic nitrogens is 4. The van der Waals surface area contributed by atoms with E-state index in [0.717, 1.165) is 22.6 Å². The molecule has 3 heterocycles. The van der Waals surface area contributed by atoms with Gasteiger partial charge in [0.05, 0.1) is 17.6 Å². The van der Waals surface area contributed by atoms with E-state index in [9.17, 15) is 9.59 Å². The second-order valence-electron chi connectivity index (χ2n) is 7.00. The van der Waals surface area contributed by atoms with Crippen LogP contribution in [0, 0.1) is 13.8 Å². The Hall–Kier alpha value is -3.45. The molecule has 1 amide bonds. The third-order valence-corrected chi connectivity index (χ3v) is 5.33. The van der Waals surface area contributed by atoms with Gasteiger partial charge in [-0.05, 0) is 55.8 Å². The Labute approximate surface area is 178 Å².